The molecule has 6 N–H and O–H groups in total. The molecule has 37 heavy (non-hydrogen) atoms. The summed E-state index contributed by atoms with van der Waals surface area (Å²) in [5.74, 6) is -0.408. The zero-order valence-electron chi connectivity index (χ0n) is 20.2. The number of aliphatic hydroxyl groups is 1. The predicted octanol–water partition coefficient (Wildman–Crippen LogP) is 4.27. The Morgan fingerprint density at radius 2 is 1.76 bits per heavy atom. The topological polar surface area (TPSA) is 159 Å². The second kappa shape index (κ2) is 11.4. The van der Waals surface area contributed by atoms with Crippen molar-refractivity contribution in [1.82, 2.24) is 9.97 Å². The highest BCUT2D eigenvalue weighted by Crippen LogP contribution is 2.26. The Hall–Kier alpha value is -3.93. The zero-order chi connectivity index (χ0) is 27.2. The number of benzene rings is 2. The molecule has 0 aliphatic heterocycles. The van der Waals surface area contributed by atoms with Crippen LogP contribution in [0.4, 0.5) is 17.3 Å². The Kier molecular flexibility index (Phi) is 8.53. The molecule has 0 spiro atoms. The van der Waals surface area contributed by atoms with Gasteiger partial charge < -0.3 is 21.5 Å². The summed E-state index contributed by atoms with van der Waals surface area (Å²) in [6.07, 6.45) is 4.26. The van der Waals surface area contributed by atoms with Crippen LogP contribution in [-0.4, -0.2) is 40.8 Å². The van der Waals surface area contributed by atoms with Crippen molar-refractivity contribution in [3.63, 3.8) is 0 Å². The van der Waals surface area contributed by atoms with Gasteiger partial charge in [0.05, 0.1) is 21.5 Å². The molecule has 3 aromatic rings. The number of fused-ring (bicyclic) bond motifs is 1. The fraction of sp³-hybridized carbons (Fsp3) is 0.160. The summed E-state index contributed by atoms with van der Waals surface area (Å²) in [5, 5.41) is 15.4. The van der Waals surface area contributed by atoms with E-state index in [9.17, 15) is 18.3 Å². The summed E-state index contributed by atoms with van der Waals surface area (Å²) in [5.41, 5.74) is 6.08. The van der Waals surface area contributed by atoms with E-state index in [0.29, 0.717) is 11.0 Å². The molecule has 0 unspecified atom stereocenters. The van der Waals surface area contributed by atoms with Crippen LogP contribution in [0.15, 0.2) is 89.7 Å². The van der Waals surface area contributed by atoms with E-state index in [2.05, 4.69) is 31.9 Å². The summed E-state index contributed by atoms with van der Waals surface area (Å²) in [4.78, 5) is 21.0. The third-order valence-corrected chi connectivity index (χ3v) is 6.28. The number of amides is 1. The number of anilines is 3. The molecular weight excluding hydrogens is 516 g/mol. The van der Waals surface area contributed by atoms with Crippen molar-refractivity contribution in [3.05, 3.63) is 84.8 Å². The molecule has 0 radical (unpaired) electrons. The summed E-state index contributed by atoms with van der Waals surface area (Å²) in [7, 11) is -4.16. The smallest absolute Gasteiger partial charge is 0.263 e. The van der Waals surface area contributed by atoms with Gasteiger partial charge in [-0.1, -0.05) is 30.9 Å². The van der Waals surface area contributed by atoms with Gasteiger partial charge in [-0.2, -0.15) is 0 Å². The van der Waals surface area contributed by atoms with Crippen molar-refractivity contribution in [2.45, 2.75) is 24.3 Å². The van der Waals surface area contributed by atoms with Crippen LogP contribution in [0.25, 0.3) is 11.0 Å². The number of allylic oxidation sites excluding steroid dienone is 3. The van der Waals surface area contributed by atoms with Crippen molar-refractivity contribution < 1.29 is 18.3 Å². The number of rotatable bonds is 10. The minimum atomic E-state index is -4.16. The van der Waals surface area contributed by atoms with Crippen LogP contribution >= 0.6 is 11.6 Å². The van der Waals surface area contributed by atoms with Gasteiger partial charge >= 0.3 is 0 Å². The van der Waals surface area contributed by atoms with E-state index in [-0.39, 0.29) is 39.6 Å². The van der Waals surface area contributed by atoms with Crippen LogP contribution in [0.5, 0.6) is 0 Å². The van der Waals surface area contributed by atoms with Crippen molar-refractivity contribution in [3.8, 4) is 0 Å². The molecule has 1 heterocycles. The quantitative estimate of drug-likeness (QED) is 0.144. The molecule has 0 fully saturated rings. The molecule has 0 aliphatic rings. The van der Waals surface area contributed by atoms with Gasteiger partial charge in [0.25, 0.3) is 10.0 Å². The maximum atomic E-state index is 13.3. The van der Waals surface area contributed by atoms with Crippen LogP contribution in [-0.2, 0) is 14.8 Å². The average Bonchev–Trinajstić information content (AvgIpc) is 2.82. The number of nitrogens with zero attached hydrogens (tertiary/aromatic N) is 2. The van der Waals surface area contributed by atoms with Crippen LogP contribution in [0.1, 0.15) is 13.8 Å². The van der Waals surface area contributed by atoms with Gasteiger partial charge in [-0.25, -0.2) is 18.4 Å². The average molecular weight is 543 g/mol. The second-order valence-electron chi connectivity index (χ2n) is 8.49. The first-order chi connectivity index (χ1) is 17.4. The van der Waals surface area contributed by atoms with E-state index < -0.39 is 21.5 Å². The zero-order valence-corrected chi connectivity index (χ0v) is 21.8. The van der Waals surface area contributed by atoms with Crippen LogP contribution < -0.4 is 21.1 Å². The maximum Gasteiger partial charge on any atom is 0.263 e. The number of sulfonamides is 1. The molecule has 3 rings (SSSR count). The van der Waals surface area contributed by atoms with Gasteiger partial charge in [-0.3, -0.25) is 9.52 Å². The molecule has 194 valence electrons. The van der Waals surface area contributed by atoms with Crippen molar-refractivity contribution in [2.24, 2.45) is 5.73 Å². The lowest BCUT2D eigenvalue weighted by Crippen LogP contribution is -2.45. The predicted molar refractivity (Wildman–Crippen MR) is 147 cm³/mol. The standard InChI is InChI=1S/C25H27ClN6O4S/c1-16(14-18(33)9-7-13-26)28-22-23(31-21-12-5-4-11-20(21)30-22)32-37(35,36)19-10-6-8-17(15-19)29-24(34)25(2,3)27/h4-12,14-15,33H,1,13,27H2,2-3H3,(H,28,30)(H,29,34)(H,31,32)/b9-7-,18-14+. The molecule has 0 saturated heterocycles. The number of aromatic nitrogens is 2. The highest BCUT2D eigenvalue weighted by molar-refractivity contribution is 7.92. The van der Waals surface area contributed by atoms with Gasteiger partial charge in [-0.15, -0.1) is 11.6 Å². The number of aliphatic hydroxyl groups excluding tert-OH is 1. The third-order valence-electron chi connectivity index (χ3n) is 4.77. The molecular formula is C25H27ClN6O4S. The molecule has 1 amide bonds. The SMILES string of the molecule is C=C(/C=C(O)\C=C/CCl)Nc1nc2ccccc2nc1NS(=O)(=O)c1cccc(NC(=O)C(C)(C)N)c1. The maximum absolute atomic E-state index is 13.3. The highest BCUT2D eigenvalue weighted by atomic mass is 35.5. The Morgan fingerprint density at radius 3 is 2.38 bits per heavy atom. The van der Waals surface area contributed by atoms with E-state index in [1.54, 1.807) is 36.4 Å². The van der Waals surface area contributed by atoms with E-state index in [1.807, 2.05) is 0 Å². The minimum absolute atomic E-state index is 0.0620. The molecule has 1 aromatic heterocycles. The number of hydrogen-bond donors (Lipinski definition) is 5. The first-order valence-electron chi connectivity index (χ1n) is 11.0. The van der Waals surface area contributed by atoms with Gasteiger partial charge in [-0.05, 0) is 50.3 Å². The monoisotopic (exact) mass is 542 g/mol. The number of alkyl halides is 1. The van der Waals surface area contributed by atoms with Crippen LogP contribution in [0.2, 0.25) is 0 Å². The molecule has 2 aromatic carbocycles. The molecule has 0 saturated carbocycles. The largest absolute Gasteiger partial charge is 0.508 e. The Labute approximate surface area is 220 Å². The first kappa shape index (κ1) is 27.7. The Balaban J connectivity index is 1.96. The van der Waals surface area contributed by atoms with Crippen molar-refractivity contribution >= 4 is 55.9 Å². The number of carbonyl (C=O) groups excluding carboxylic acids is 1. The fourth-order valence-corrected chi connectivity index (χ4v) is 4.10. The van der Waals surface area contributed by atoms with E-state index in [4.69, 9.17) is 17.3 Å². The van der Waals surface area contributed by atoms with E-state index >= 15 is 0 Å². The van der Waals surface area contributed by atoms with Gasteiger partial charge in [0.2, 0.25) is 5.91 Å². The normalized spacial score (nSPS) is 12.5. The summed E-state index contributed by atoms with van der Waals surface area (Å²) < 4.78 is 29.0. The lowest BCUT2D eigenvalue weighted by Gasteiger charge is -2.18. The number of carbonyl (C=O) groups is 1. The molecule has 0 atom stereocenters. The fourth-order valence-electron chi connectivity index (χ4n) is 2.96. The first-order valence-corrected chi connectivity index (χ1v) is 13.0. The summed E-state index contributed by atoms with van der Waals surface area (Å²) in [6, 6.07) is 12.6. The molecule has 0 aliphatic carbocycles. The van der Waals surface area contributed by atoms with Crippen molar-refractivity contribution in [2.75, 3.05) is 21.2 Å². The number of nitrogens with one attached hydrogen (secondary N) is 3. The van der Waals surface area contributed by atoms with E-state index in [1.165, 1.54) is 44.2 Å². The summed E-state index contributed by atoms with van der Waals surface area (Å²) in [6.45, 7) is 6.90. The highest BCUT2D eigenvalue weighted by Gasteiger charge is 2.23. The summed E-state index contributed by atoms with van der Waals surface area (Å²) >= 11 is 5.58. The third kappa shape index (κ3) is 7.53. The van der Waals surface area contributed by atoms with Crippen LogP contribution in [0.3, 0.4) is 0 Å². The van der Waals surface area contributed by atoms with Gasteiger partial charge in [0, 0.05) is 23.3 Å². The number of nitrogens with two attached hydrogens (primary N) is 1. The molecule has 10 nitrogen and oxygen atoms in total. The Morgan fingerprint density at radius 1 is 1.11 bits per heavy atom. The minimum Gasteiger partial charge on any atom is -0.508 e. The number of halogens is 1. The van der Waals surface area contributed by atoms with Gasteiger partial charge in [0.15, 0.2) is 11.6 Å². The Bertz CT molecular complexity index is 1500. The van der Waals surface area contributed by atoms with Gasteiger partial charge in [0.1, 0.15) is 5.76 Å². The second-order valence-corrected chi connectivity index (χ2v) is 10.5. The van der Waals surface area contributed by atoms with Crippen molar-refractivity contribution in [1.29, 1.82) is 0 Å². The van der Waals surface area contributed by atoms with E-state index in [0.717, 1.165) is 0 Å². The lowest BCUT2D eigenvalue weighted by molar-refractivity contribution is -0.120. The lowest BCUT2D eigenvalue weighted by atomic mass is 10.1. The molecule has 12 heteroatoms. The molecule has 0 bridgehead atoms. The number of para-hydroxylation sites is 2. The number of hydrogen-bond acceptors (Lipinski definition) is 8. The van der Waals surface area contributed by atoms with Crippen LogP contribution in [0, 0.1) is 0 Å².